The van der Waals surface area contributed by atoms with Crippen LogP contribution in [0.2, 0.25) is 0 Å². The van der Waals surface area contributed by atoms with Gasteiger partial charge in [-0.25, -0.2) is 0 Å². The number of carbonyl (C=O) groups excluding carboxylic acids is 2. The molecule has 1 unspecified atom stereocenters. The number of rotatable bonds is 6. The molecule has 0 aromatic heterocycles. The van der Waals surface area contributed by atoms with Gasteiger partial charge in [-0.05, 0) is 30.9 Å². The van der Waals surface area contributed by atoms with Gasteiger partial charge in [-0.2, -0.15) is 0 Å². The highest BCUT2D eigenvalue weighted by Crippen LogP contribution is 2.18. The standard InChI is InChI=1S/C22H26N2O2/c1-17-6-5-9-19(14-17)15-23-22(26)20-10-11-21(25)24(16-20)13-12-18-7-3-2-4-8-18/h2-9,14,20H,10-13,15-16H2,1H3,(H,23,26). The molecule has 1 heterocycles. The molecule has 1 fully saturated rings. The average molecular weight is 350 g/mol. The third-order valence-corrected chi connectivity index (χ3v) is 4.93. The highest BCUT2D eigenvalue weighted by molar-refractivity contribution is 5.83. The molecule has 1 atom stereocenters. The number of likely N-dealkylation sites (tertiary alicyclic amines) is 1. The zero-order valence-electron chi connectivity index (χ0n) is 15.3. The van der Waals surface area contributed by atoms with Crippen LogP contribution in [-0.4, -0.2) is 29.8 Å². The molecule has 1 N–H and O–H groups in total. The Hall–Kier alpha value is -2.62. The zero-order valence-corrected chi connectivity index (χ0v) is 15.3. The minimum absolute atomic E-state index is 0.0451. The second kappa shape index (κ2) is 8.65. The van der Waals surface area contributed by atoms with E-state index >= 15 is 0 Å². The summed E-state index contributed by atoms with van der Waals surface area (Å²) in [5.74, 6) is 0.0839. The fraction of sp³-hybridized carbons (Fsp3) is 0.364. The Labute approximate surface area is 155 Å². The molecule has 2 amide bonds. The monoisotopic (exact) mass is 350 g/mol. The van der Waals surface area contributed by atoms with E-state index in [0.29, 0.717) is 32.5 Å². The zero-order chi connectivity index (χ0) is 18.4. The highest BCUT2D eigenvalue weighted by Gasteiger charge is 2.29. The number of nitrogens with one attached hydrogen (secondary N) is 1. The second-order valence-electron chi connectivity index (χ2n) is 7.02. The van der Waals surface area contributed by atoms with Crippen LogP contribution in [0.5, 0.6) is 0 Å². The number of amides is 2. The van der Waals surface area contributed by atoms with Gasteiger partial charge in [-0.1, -0.05) is 60.2 Å². The Morgan fingerprint density at radius 2 is 1.88 bits per heavy atom. The quantitative estimate of drug-likeness (QED) is 0.870. The van der Waals surface area contributed by atoms with E-state index in [9.17, 15) is 9.59 Å². The molecule has 4 nitrogen and oxygen atoms in total. The van der Waals surface area contributed by atoms with Crippen molar-refractivity contribution < 1.29 is 9.59 Å². The van der Waals surface area contributed by atoms with Gasteiger partial charge < -0.3 is 10.2 Å². The molecule has 0 bridgehead atoms. The Balaban J connectivity index is 1.51. The molecular weight excluding hydrogens is 324 g/mol. The van der Waals surface area contributed by atoms with Crippen LogP contribution in [0.1, 0.15) is 29.5 Å². The lowest BCUT2D eigenvalue weighted by molar-refractivity contribution is -0.138. The van der Waals surface area contributed by atoms with Crippen molar-refractivity contribution in [2.45, 2.75) is 32.7 Å². The van der Waals surface area contributed by atoms with Crippen molar-refractivity contribution in [3.63, 3.8) is 0 Å². The summed E-state index contributed by atoms with van der Waals surface area (Å²) in [4.78, 5) is 26.6. The average Bonchev–Trinajstić information content (AvgIpc) is 2.66. The van der Waals surface area contributed by atoms with E-state index in [1.807, 2.05) is 48.2 Å². The predicted molar refractivity (Wildman–Crippen MR) is 102 cm³/mol. The second-order valence-corrected chi connectivity index (χ2v) is 7.02. The molecule has 0 spiro atoms. The number of carbonyl (C=O) groups is 2. The molecule has 26 heavy (non-hydrogen) atoms. The Bertz CT molecular complexity index is 758. The Morgan fingerprint density at radius 3 is 2.65 bits per heavy atom. The smallest absolute Gasteiger partial charge is 0.225 e. The maximum atomic E-state index is 12.5. The Kier molecular flexibility index (Phi) is 6.05. The van der Waals surface area contributed by atoms with Crippen molar-refractivity contribution in [3.05, 3.63) is 71.3 Å². The summed E-state index contributed by atoms with van der Waals surface area (Å²) in [5.41, 5.74) is 3.50. The largest absolute Gasteiger partial charge is 0.352 e. The van der Waals surface area contributed by atoms with Gasteiger partial charge in [0.1, 0.15) is 0 Å². The van der Waals surface area contributed by atoms with Gasteiger partial charge in [-0.15, -0.1) is 0 Å². The van der Waals surface area contributed by atoms with E-state index in [2.05, 4.69) is 23.5 Å². The SMILES string of the molecule is Cc1cccc(CNC(=O)C2CCC(=O)N(CCc3ccccc3)C2)c1. The van der Waals surface area contributed by atoms with Crippen molar-refractivity contribution in [1.29, 1.82) is 0 Å². The third kappa shape index (κ3) is 4.94. The van der Waals surface area contributed by atoms with Crippen molar-refractivity contribution in [2.24, 2.45) is 5.92 Å². The fourth-order valence-corrected chi connectivity index (χ4v) is 3.41. The van der Waals surface area contributed by atoms with E-state index in [4.69, 9.17) is 0 Å². The van der Waals surface area contributed by atoms with Crippen LogP contribution in [0.4, 0.5) is 0 Å². The number of hydrogen-bond donors (Lipinski definition) is 1. The highest BCUT2D eigenvalue weighted by atomic mass is 16.2. The lowest BCUT2D eigenvalue weighted by Crippen LogP contribution is -2.46. The third-order valence-electron chi connectivity index (χ3n) is 4.93. The molecule has 0 radical (unpaired) electrons. The summed E-state index contributed by atoms with van der Waals surface area (Å²) < 4.78 is 0. The van der Waals surface area contributed by atoms with Crippen LogP contribution in [0, 0.1) is 12.8 Å². The molecule has 3 rings (SSSR count). The summed E-state index contributed by atoms with van der Waals surface area (Å²) in [6.07, 6.45) is 1.92. The number of piperidine rings is 1. The van der Waals surface area contributed by atoms with Crippen molar-refractivity contribution in [2.75, 3.05) is 13.1 Å². The van der Waals surface area contributed by atoms with Crippen LogP contribution >= 0.6 is 0 Å². The van der Waals surface area contributed by atoms with Crippen molar-refractivity contribution in [1.82, 2.24) is 10.2 Å². The van der Waals surface area contributed by atoms with E-state index in [0.717, 1.165) is 12.0 Å². The van der Waals surface area contributed by atoms with Crippen LogP contribution in [0.3, 0.4) is 0 Å². The summed E-state index contributed by atoms with van der Waals surface area (Å²) in [5, 5.41) is 3.03. The van der Waals surface area contributed by atoms with E-state index in [-0.39, 0.29) is 17.7 Å². The first-order valence-electron chi connectivity index (χ1n) is 9.27. The molecule has 1 saturated heterocycles. The fourth-order valence-electron chi connectivity index (χ4n) is 3.41. The van der Waals surface area contributed by atoms with Gasteiger partial charge >= 0.3 is 0 Å². The number of aryl methyl sites for hydroxylation is 1. The van der Waals surface area contributed by atoms with Gasteiger partial charge in [0.25, 0.3) is 0 Å². The van der Waals surface area contributed by atoms with Crippen LogP contribution in [-0.2, 0) is 22.6 Å². The lowest BCUT2D eigenvalue weighted by Gasteiger charge is -2.32. The maximum absolute atomic E-state index is 12.5. The first-order valence-corrected chi connectivity index (χ1v) is 9.27. The molecule has 2 aromatic rings. The summed E-state index contributed by atoms with van der Waals surface area (Å²) >= 11 is 0. The normalized spacial score (nSPS) is 17.2. The molecular formula is C22H26N2O2. The van der Waals surface area contributed by atoms with Crippen molar-refractivity contribution in [3.8, 4) is 0 Å². The lowest BCUT2D eigenvalue weighted by atomic mass is 9.96. The van der Waals surface area contributed by atoms with E-state index in [1.165, 1.54) is 11.1 Å². The van der Waals surface area contributed by atoms with Gasteiger partial charge in [0.05, 0.1) is 5.92 Å². The maximum Gasteiger partial charge on any atom is 0.225 e. The number of hydrogen-bond acceptors (Lipinski definition) is 2. The summed E-state index contributed by atoms with van der Waals surface area (Å²) in [6.45, 7) is 3.77. The molecule has 0 aliphatic carbocycles. The predicted octanol–water partition coefficient (Wildman–Crippen LogP) is 3.09. The van der Waals surface area contributed by atoms with Gasteiger partial charge in [0.15, 0.2) is 0 Å². The summed E-state index contributed by atoms with van der Waals surface area (Å²) in [7, 11) is 0. The van der Waals surface area contributed by atoms with Crippen LogP contribution in [0.15, 0.2) is 54.6 Å². The van der Waals surface area contributed by atoms with Gasteiger partial charge in [-0.3, -0.25) is 9.59 Å². The Morgan fingerprint density at radius 1 is 1.12 bits per heavy atom. The van der Waals surface area contributed by atoms with E-state index in [1.54, 1.807) is 0 Å². The number of nitrogens with zero attached hydrogens (tertiary/aromatic N) is 1. The molecule has 4 heteroatoms. The minimum atomic E-state index is -0.117. The summed E-state index contributed by atoms with van der Waals surface area (Å²) in [6, 6.07) is 18.3. The topological polar surface area (TPSA) is 49.4 Å². The van der Waals surface area contributed by atoms with Gasteiger partial charge in [0.2, 0.25) is 11.8 Å². The molecule has 0 saturated carbocycles. The molecule has 2 aromatic carbocycles. The first-order chi connectivity index (χ1) is 12.6. The minimum Gasteiger partial charge on any atom is -0.352 e. The van der Waals surface area contributed by atoms with Crippen LogP contribution < -0.4 is 5.32 Å². The molecule has 1 aliphatic rings. The van der Waals surface area contributed by atoms with E-state index < -0.39 is 0 Å². The first kappa shape index (κ1) is 18.2. The van der Waals surface area contributed by atoms with Crippen LogP contribution in [0.25, 0.3) is 0 Å². The van der Waals surface area contributed by atoms with Crippen molar-refractivity contribution >= 4 is 11.8 Å². The van der Waals surface area contributed by atoms with Gasteiger partial charge in [0, 0.05) is 26.1 Å². The molecule has 1 aliphatic heterocycles. The molecule has 136 valence electrons. The number of benzene rings is 2.